The molecular formula is C24H16Cl4P+. The monoisotopic (exact) mass is 475 g/mol. The summed E-state index contributed by atoms with van der Waals surface area (Å²) in [6.07, 6.45) is 0. The van der Waals surface area contributed by atoms with Gasteiger partial charge in [-0.1, -0.05) is 46.4 Å². The van der Waals surface area contributed by atoms with Gasteiger partial charge in [0, 0.05) is 20.1 Å². The molecule has 0 amide bonds. The predicted octanol–water partition coefficient (Wildman–Crippen LogP) is 6.92. The maximum absolute atomic E-state index is 6.22. The van der Waals surface area contributed by atoms with Gasteiger partial charge in [0.25, 0.3) is 0 Å². The second-order valence-corrected chi connectivity index (χ2v) is 11.7. The Hall–Kier alpha value is -1.53. The van der Waals surface area contributed by atoms with Gasteiger partial charge in [0.15, 0.2) is 0 Å². The molecule has 5 heteroatoms. The highest BCUT2D eigenvalue weighted by Crippen LogP contribution is 2.54. The lowest BCUT2D eigenvalue weighted by molar-refractivity contribution is 1.70. The first kappa shape index (κ1) is 20.7. The highest BCUT2D eigenvalue weighted by atomic mass is 35.5. The summed E-state index contributed by atoms with van der Waals surface area (Å²) in [7, 11) is -2.22. The van der Waals surface area contributed by atoms with Crippen molar-refractivity contribution in [3.8, 4) is 0 Å². The molecular weight excluding hydrogens is 461 g/mol. The van der Waals surface area contributed by atoms with Crippen molar-refractivity contribution in [1.82, 2.24) is 0 Å². The average Bonchev–Trinajstić information content (AvgIpc) is 2.73. The Labute approximate surface area is 191 Å². The summed E-state index contributed by atoms with van der Waals surface area (Å²) in [5.41, 5.74) is 0. The fraction of sp³-hybridized carbons (Fsp3) is 0. The molecule has 0 saturated carbocycles. The number of benzene rings is 4. The summed E-state index contributed by atoms with van der Waals surface area (Å²) >= 11 is 24.9. The number of hydrogen-bond acceptors (Lipinski definition) is 0. The Kier molecular flexibility index (Phi) is 6.21. The predicted molar refractivity (Wildman–Crippen MR) is 131 cm³/mol. The van der Waals surface area contributed by atoms with Crippen molar-refractivity contribution in [1.29, 1.82) is 0 Å². The van der Waals surface area contributed by atoms with Crippen molar-refractivity contribution in [2.45, 2.75) is 0 Å². The molecule has 4 rings (SSSR count). The van der Waals surface area contributed by atoms with E-state index in [2.05, 4.69) is 48.5 Å². The lowest BCUT2D eigenvalue weighted by atomic mass is 10.3. The van der Waals surface area contributed by atoms with Crippen molar-refractivity contribution >= 4 is 74.9 Å². The zero-order chi connectivity index (χ0) is 20.4. The molecule has 29 heavy (non-hydrogen) atoms. The van der Waals surface area contributed by atoms with Crippen LogP contribution in [0.2, 0.25) is 20.1 Å². The minimum absolute atomic E-state index is 0.704. The van der Waals surface area contributed by atoms with Crippen LogP contribution in [0.1, 0.15) is 0 Å². The summed E-state index contributed by atoms with van der Waals surface area (Å²) < 4.78 is 0. The summed E-state index contributed by atoms with van der Waals surface area (Å²) in [5, 5.41) is 7.57. The molecule has 0 nitrogen and oxygen atoms in total. The Balaban J connectivity index is 2.11. The molecule has 4 aromatic rings. The van der Waals surface area contributed by atoms with Crippen LogP contribution in [0.15, 0.2) is 97.1 Å². The van der Waals surface area contributed by atoms with Gasteiger partial charge in [-0.2, -0.15) is 0 Å². The van der Waals surface area contributed by atoms with E-state index in [-0.39, 0.29) is 0 Å². The van der Waals surface area contributed by atoms with Crippen molar-refractivity contribution in [2.24, 2.45) is 0 Å². The molecule has 0 aliphatic rings. The highest BCUT2D eigenvalue weighted by molar-refractivity contribution is 8.01. The van der Waals surface area contributed by atoms with Crippen LogP contribution in [0.3, 0.4) is 0 Å². The van der Waals surface area contributed by atoms with Gasteiger partial charge >= 0.3 is 0 Å². The molecule has 0 radical (unpaired) electrons. The average molecular weight is 477 g/mol. The Morgan fingerprint density at radius 2 is 0.483 bits per heavy atom. The minimum Gasteiger partial charge on any atom is -0.0843 e. The molecule has 0 aliphatic carbocycles. The third kappa shape index (κ3) is 4.06. The van der Waals surface area contributed by atoms with E-state index in [0.29, 0.717) is 20.1 Å². The maximum Gasteiger partial charge on any atom is 0.144 e. The van der Waals surface area contributed by atoms with Gasteiger partial charge in [-0.05, 0) is 97.1 Å². The van der Waals surface area contributed by atoms with Gasteiger partial charge < -0.3 is 0 Å². The Morgan fingerprint density at radius 1 is 0.310 bits per heavy atom. The van der Waals surface area contributed by atoms with Crippen LogP contribution in [0.5, 0.6) is 0 Å². The third-order valence-corrected chi connectivity index (χ3v) is 10.2. The molecule has 144 valence electrons. The normalized spacial score (nSPS) is 11.4. The first-order valence-corrected chi connectivity index (χ1v) is 12.2. The van der Waals surface area contributed by atoms with E-state index >= 15 is 0 Å². The first-order valence-electron chi connectivity index (χ1n) is 8.94. The van der Waals surface area contributed by atoms with Crippen molar-refractivity contribution in [3.63, 3.8) is 0 Å². The molecule has 0 aromatic heterocycles. The molecule has 0 aliphatic heterocycles. The lowest BCUT2D eigenvalue weighted by Gasteiger charge is -2.27. The molecule has 0 bridgehead atoms. The summed E-state index contributed by atoms with van der Waals surface area (Å²) in [4.78, 5) is 0. The van der Waals surface area contributed by atoms with E-state index in [1.54, 1.807) is 0 Å². The van der Waals surface area contributed by atoms with E-state index in [4.69, 9.17) is 46.4 Å². The topological polar surface area (TPSA) is 0 Å². The van der Waals surface area contributed by atoms with Crippen LogP contribution in [-0.4, -0.2) is 0 Å². The Bertz CT molecular complexity index is 916. The van der Waals surface area contributed by atoms with Crippen LogP contribution < -0.4 is 21.2 Å². The molecule has 0 spiro atoms. The number of hydrogen-bond donors (Lipinski definition) is 0. The fourth-order valence-electron chi connectivity index (χ4n) is 3.55. The van der Waals surface area contributed by atoms with Gasteiger partial charge in [-0.3, -0.25) is 0 Å². The van der Waals surface area contributed by atoms with Gasteiger partial charge in [0.2, 0.25) is 0 Å². The van der Waals surface area contributed by atoms with Crippen LogP contribution in [0, 0.1) is 0 Å². The van der Waals surface area contributed by atoms with E-state index in [0.717, 1.165) is 0 Å². The third-order valence-electron chi connectivity index (χ3n) is 4.86. The Morgan fingerprint density at radius 3 is 0.655 bits per heavy atom. The highest BCUT2D eigenvalue weighted by Gasteiger charge is 2.47. The largest absolute Gasteiger partial charge is 0.144 e. The van der Waals surface area contributed by atoms with Gasteiger partial charge in [-0.25, -0.2) is 0 Å². The zero-order valence-electron chi connectivity index (χ0n) is 15.2. The van der Waals surface area contributed by atoms with Crippen molar-refractivity contribution in [2.75, 3.05) is 0 Å². The molecule has 0 saturated heterocycles. The van der Waals surface area contributed by atoms with Crippen LogP contribution in [0.4, 0.5) is 0 Å². The minimum atomic E-state index is -2.22. The van der Waals surface area contributed by atoms with Gasteiger partial charge in [-0.15, -0.1) is 0 Å². The summed E-state index contributed by atoms with van der Waals surface area (Å²) in [5.74, 6) is 0. The fourth-order valence-corrected chi connectivity index (χ4v) is 8.23. The zero-order valence-corrected chi connectivity index (χ0v) is 19.1. The smallest absolute Gasteiger partial charge is 0.0843 e. The molecule has 0 fully saturated rings. The van der Waals surface area contributed by atoms with Crippen LogP contribution in [0.25, 0.3) is 0 Å². The number of rotatable bonds is 4. The summed E-state index contributed by atoms with van der Waals surface area (Å²) in [6.45, 7) is 0. The molecule has 4 aromatic carbocycles. The summed E-state index contributed by atoms with van der Waals surface area (Å²) in [6, 6.07) is 32.3. The van der Waals surface area contributed by atoms with Gasteiger partial charge in [0.05, 0.1) is 0 Å². The number of halogens is 4. The van der Waals surface area contributed by atoms with E-state index < -0.39 is 7.26 Å². The van der Waals surface area contributed by atoms with E-state index in [1.807, 2.05) is 48.5 Å². The lowest BCUT2D eigenvalue weighted by Crippen LogP contribution is -2.38. The molecule has 0 N–H and O–H groups in total. The molecule has 0 atom stereocenters. The van der Waals surface area contributed by atoms with Crippen LogP contribution >= 0.6 is 53.7 Å². The quantitative estimate of drug-likeness (QED) is 0.280. The van der Waals surface area contributed by atoms with Crippen molar-refractivity contribution < 1.29 is 0 Å². The second-order valence-electron chi connectivity index (χ2n) is 6.58. The van der Waals surface area contributed by atoms with E-state index in [1.165, 1.54) is 21.2 Å². The SMILES string of the molecule is Clc1ccc([P+](c2ccc(Cl)cc2)(c2ccc(Cl)cc2)c2ccc(Cl)cc2)cc1. The standard InChI is InChI=1S/C24H16Cl4P/c25-17-1-9-21(10-2-17)29(22-11-3-18(26)4-12-22,23-13-5-19(27)6-14-23)24-15-7-20(28)8-16-24/h1-16H/q+1. The van der Waals surface area contributed by atoms with Crippen molar-refractivity contribution in [3.05, 3.63) is 117 Å². The maximum atomic E-state index is 6.22. The second kappa shape index (κ2) is 8.68. The van der Waals surface area contributed by atoms with E-state index in [9.17, 15) is 0 Å². The molecule has 0 heterocycles. The van der Waals surface area contributed by atoms with Gasteiger partial charge in [0.1, 0.15) is 28.5 Å². The van der Waals surface area contributed by atoms with Crippen LogP contribution in [-0.2, 0) is 0 Å². The first-order chi connectivity index (χ1) is 14.0. The molecule has 0 unspecified atom stereocenters.